The molecule has 1 fully saturated rings. The lowest BCUT2D eigenvalue weighted by atomic mass is 9.96. The van der Waals surface area contributed by atoms with Gasteiger partial charge in [-0.05, 0) is 44.9 Å². The minimum absolute atomic E-state index is 0.210. The first kappa shape index (κ1) is 16.6. The fraction of sp³-hybridized carbons (Fsp3) is 0.500. The second-order valence-corrected chi connectivity index (χ2v) is 6.43. The summed E-state index contributed by atoms with van der Waals surface area (Å²) in [6.45, 7) is 4.16. The molecule has 1 unspecified atom stereocenters. The fourth-order valence-electron chi connectivity index (χ4n) is 2.61. The molecule has 1 heterocycles. The van der Waals surface area contributed by atoms with Crippen LogP contribution < -0.4 is 4.74 Å². The van der Waals surface area contributed by atoms with Crippen LogP contribution in [-0.2, 0) is 9.59 Å². The summed E-state index contributed by atoms with van der Waals surface area (Å²) < 4.78 is 5.77. The number of hydrogen-bond donors (Lipinski definition) is 1. The number of halogens is 1. The highest BCUT2D eigenvalue weighted by molar-refractivity contribution is 6.30. The first-order valence-electron chi connectivity index (χ1n) is 7.26. The highest BCUT2D eigenvalue weighted by Crippen LogP contribution is 2.25. The van der Waals surface area contributed by atoms with Gasteiger partial charge in [-0.25, -0.2) is 0 Å². The van der Waals surface area contributed by atoms with Gasteiger partial charge in [0.15, 0.2) is 5.60 Å². The van der Waals surface area contributed by atoms with Crippen LogP contribution in [0, 0.1) is 5.92 Å². The smallest absolute Gasteiger partial charge is 0.308 e. The number of carboxylic acids is 1. The molecule has 1 aliphatic heterocycles. The Hall–Kier alpha value is -1.75. The summed E-state index contributed by atoms with van der Waals surface area (Å²) in [5, 5.41) is 9.65. The number of rotatable bonds is 4. The molecule has 1 amide bonds. The van der Waals surface area contributed by atoms with E-state index in [4.69, 9.17) is 21.4 Å². The molecule has 0 aliphatic carbocycles. The molecule has 1 N–H and O–H groups in total. The van der Waals surface area contributed by atoms with Crippen molar-refractivity contribution in [3.05, 3.63) is 29.3 Å². The van der Waals surface area contributed by atoms with Crippen molar-refractivity contribution < 1.29 is 19.4 Å². The predicted octanol–water partition coefficient (Wildman–Crippen LogP) is 2.82. The monoisotopic (exact) mass is 325 g/mol. The zero-order valence-electron chi connectivity index (χ0n) is 12.7. The molecule has 0 radical (unpaired) electrons. The van der Waals surface area contributed by atoms with Crippen molar-refractivity contribution in [1.29, 1.82) is 0 Å². The van der Waals surface area contributed by atoms with E-state index in [0.717, 1.165) is 0 Å². The summed E-state index contributed by atoms with van der Waals surface area (Å²) >= 11 is 5.92. The van der Waals surface area contributed by atoms with Gasteiger partial charge >= 0.3 is 5.97 Å². The molecule has 6 heteroatoms. The molecule has 2 rings (SSSR count). The van der Waals surface area contributed by atoms with Gasteiger partial charge in [-0.1, -0.05) is 17.7 Å². The molecule has 0 spiro atoms. The number of aliphatic carboxylic acids is 1. The molecule has 1 aromatic rings. The predicted molar refractivity (Wildman–Crippen MR) is 83.1 cm³/mol. The van der Waals surface area contributed by atoms with Gasteiger partial charge in [0.1, 0.15) is 5.75 Å². The second-order valence-electron chi connectivity index (χ2n) is 6.00. The van der Waals surface area contributed by atoms with Gasteiger partial charge in [-0.15, -0.1) is 0 Å². The Bertz CT molecular complexity index is 573. The Morgan fingerprint density at radius 2 is 2.14 bits per heavy atom. The minimum Gasteiger partial charge on any atom is -0.481 e. The molecule has 0 aromatic heterocycles. The molecule has 22 heavy (non-hydrogen) atoms. The van der Waals surface area contributed by atoms with Crippen molar-refractivity contribution >= 4 is 23.5 Å². The Morgan fingerprint density at radius 1 is 1.41 bits per heavy atom. The van der Waals surface area contributed by atoms with Gasteiger partial charge in [0.25, 0.3) is 5.91 Å². The lowest BCUT2D eigenvalue weighted by molar-refractivity contribution is -0.151. The molecular formula is C16H20ClNO4. The van der Waals surface area contributed by atoms with Crippen LogP contribution in [0.5, 0.6) is 5.75 Å². The van der Waals surface area contributed by atoms with Crippen LogP contribution in [0.15, 0.2) is 24.3 Å². The third-order valence-corrected chi connectivity index (χ3v) is 3.98. The SMILES string of the molecule is CC(C)(Oc1cccc(Cl)c1)C(=O)N1CCCC(C(=O)O)C1. The van der Waals surface area contributed by atoms with E-state index >= 15 is 0 Å². The van der Waals surface area contributed by atoms with Crippen molar-refractivity contribution in [2.45, 2.75) is 32.3 Å². The standard InChI is InChI=1S/C16H20ClNO4/c1-16(2,22-13-7-3-6-12(17)9-13)15(21)18-8-4-5-11(10-18)14(19)20/h3,6-7,9,11H,4-5,8,10H2,1-2H3,(H,19,20). The topological polar surface area (TPSA) is 66.8 Å². The largest absolute Gasteiger partial charge is 0.481 e. The third kappa shape index (κ3) is 3.91. The van der Waals surface area contributed by atoms with Crippen molar-refractivity contribution in [3.8, 4) is 5.75 Å². The van der Waals surface area contributed by atoms with Crippen molar-refractivity contribution in [2.24, 2.45) is 5.92 Å². The van der Waals surface area contributed by atoms with Crippen molar-refractivity contribution in [3.63, 3.8) is 0 Å². The zero-order chi connectivity index (χ0) is 16.3. The molecule has 5 nitrogen and oxygen atoms in total. The Kier molecular flexibility index (Phi) is 4.96. The number of benzene rings is 1. The van der Waals surface area contributed by atoms with Gasteiger partial charge in [-0.2, -0.15) is 0 Å². The highest BCUT2D eigenvalue weighted by atomic mass is 35.5. The summed E-state index contributed by atoms with van der Waals surface area (Å²) in [5.41, 5.74) is -1.08. The molecular weight excluding hydrogens is 306 g/mol. The average molecular weight is 326 g/mol. The van der Waals surface area contributed by atoms with Gasteiger partial charge in [0.2, 0.25) is 0 Å². The third-order valence-electron chi connectivity index (χ3n) is 3.74. The maximum Gasteiger partial charge on any atom is 0.308 e. The quantitative estimate of drug-likeness (QED) is 0.924. The van der Waals surface area contributed by atoms with Crippen molar-refractivity contribution in [1.82, 2.24) is 4.90 Å². The molecule has 1 atom stereocenters. The lowest BCUT2D eigenvalue weighted by Gasteiger charge is -2.36. The van der Waals surface area contributed by atoms with Gasteiger partial charge in [0, 0.05) is 18.1 Å². The summed E-state index contributed by atoms with van der Waals surface area (Å²) in [5.74, 6) is -1.05. The average Bonchev–Trinajstić information content (AvgIpc) is 2.46. The number of hydrogen-bond acceptors (Lipinski definition) is 3. The van der Waals surface area contributed by atoms with Gasteiger partial charge in [-0.3, -0.25) is 9.59 Å². The minimum atomic E-state index is -1.08. The second kappa shape index (κ2) is 6.57. The lowest BCUT2D eigenvalue weighted by Crippen LogP contribution is -2.52. The number of likely N-dealkylation sites (tertiary alicyclic amines) is 1. The summed E-state index contributed by atoms with van der Waals surface area (Å²) in [6, 6.07) is 6.86. The Balaban J connectivity index is 2.07. The molecule has 1 aromatic carbocycles. The molecule has 120 valence electrons. The van der Waals surface area contributed by atoms with Crippen LogP contribution in [0.3, 0.4) is 0 Å². The molecule has 0 bridgehead atoms. The molecule has 0 saturated carbocycles. The summed E-state index contributed by atoms with van der Waals surface area (Å²) in [4.78, 5) is 25.3. The normalized spacial score (nSPS) is 18.9. The number of piperidine rings is 1. The van der Waals surface area contributed by atoms with Gasteiger partial charge < -0.3 is 14.7 Å². The maximum absolute atomic E-state index is 12.7. The first-order chi connectivity index (χ1) is 10.3. The number of ether oxygens (including phenoxy) is 1. The van der Waals surface area contributed by atoms with Crippen LogP contribution in [0.2, 0.25) is 5.02 Å². The van der Waals surface area contributed by atoms with E-state index in [1.54, 1.807) is 43.0 Å². The van der Waals surface area contributed by atoms with E-state index in [9.17, 15) is 9.59 Å². The van der Waals surface area contributed by atoms with Crippen LogP contribution in [0.4, 0.5) is 0 Å². The van der Waals surface area contributed by atoms with E-state index in [2.05, 4.69) is 0 Å². The molecule has 1 aliphatic rings. The zero-order valence-corrected chi connectivity index (χ0v) is 13.5. The van der Waals surface area contributed by atoms with Crippen LogP contribution in [-0.4, -0.2) is 40.6 Å². The number of carbonyl (C=O) groups is 2. The van der Waals surface area contributed by atoms with E-state index in [0.29, 0.717) is 30.2 Å². The van der Waals surface area contributed by atoms with Crippen LogP contribution in [0.1, 0.15) is 26.7 Å². The molecule has 1 saturated heterocycles. The maximum atomic E-state index is 12.7. The summed E-state index contributed by atoms with van der Waals surface area (Å²) in [7, 11) is 0. The fourth-order valence-corrected chi connectivity index (χ4v) is 2.79. The Labute approximate surface area is 134 Å². The highest BCUT2D eigenvalue weighted by Gasteiger charge is 2.37. The van der Waals surface area contributed by atoms with Gasteiger partial charge in [0.05, 0.1) is 5.92 Å². The van der Waals surface area contributed by atoms with Crippen molar-refractivity contribution in [2.75, 3.05) is 13.1 Å². The van der Waals surface area contributed by atoms with E-state index in [-0.39, 0.29) is 12.5 Å². The first-order valence-corrected chi connectivity index (χ1v) is 7.64. The summed E-state index contributed by atoms with van der Waals surface area (Å²) in [6.07, 6.45) is 1.30. The van der Waals surface area contributed by atoms with Crippen LogP contribution >= 0.6 is 11.6 Å². The Morgan fingerprint density at radius 3 is 2.77 bits per heavy atom. The number of carbonyl (C=O) groups excluding carboxylic acids is 1. The van der Waals surface area contributed by atoms with E-state index in [1.807, 2.05) is 0 Å². The number of nitrogens with zero attached hydrogens (tertiary/aromatic N) is 1. The van der Waals surface area contributed by atoms with Crippen LogP contribution in [0.25, 0.3) is 0 Å². The van der Waals surface area contributed by atoms with E-state index < -0.39 is 17.5 Å². The van der Waals surface area contributed by atoms with E-state index in [1.165, 1.54) is 0 Å². The number of carboxylic acid groups (broad SMARTS) is 1. The number of amides is 1.